The zero-order valence-corrected chi connectivity index (χ0v) is 23.7. The number of primary amides is 1. The molecule has 1 aliphatic heterocycles. The molecule has 1 saturated heterocycles. The van der Waals surface area contributed by atoms with Crippen LogP contribution in [-0.4, -0.2) is 73.5 Å². The Balaban J connectivity index is 1.14. The standard InChI is InChI=1S/C31H34FN7O4/c32-22-14-26(31(42)36-24-7-4-8-27(24)43-18-19-5-2-1-3-6-19)38(16-22)28(40)17-39-25-10-9-20(21-11-12-34-35-15-21)13-23(25)29(37-39)30(33)41/h1-3,5-6,11-13,15,22,24,26-27H,4,7-10,14,16-18H2,(H2,33,41)(H,36,42)/t22-,24-,26+,27?/m1/s1. The Morgan fingerprint density at radius 1 is 1.09 bits per heavy atom. The summed E-state index contributed by atoms with van der Waals surface area (Å²) >= 11 is 0. The van der Waals surface area contributed by atoms with E-state index in [0.717, 1.165) is 36.0 Å². The number of nitrogens with two attached hydrogens (primary N) is 1. The summed E-state index contributed by atoms with van der Waals surface area (Å²) in [6.45, 7) is 0.0230. The van der Waals surface area contributed by atoms with Crippen LogP contribution >= 0.6 is 0 Å². The second-order valence-electron chi connectivity index (χ2n) is 11.3. The van der Waals surface area contributed by atoms with Gasteiger partial charge in [0.15, 0.2) is 5.69 Å². The number of carbonyl (C=O) groups excluding carboxylic acids is 3. The van der Waals surface area contributed by atoms with Gasteiger partial charge in [0.05, 0.1) is 37.7 Å². The molecule has 3 aliphatic rings. The number of carbonyl (C=O) groups is 3. The number of hydrogen-bond acceptors (Lipinski definition) is 7. The maximum absolute atomic E-state index is 14.7. The second kappa shape index (κ2) is 12.4. The maximum Gasteiger partial charge on any atom is 0.269 e. The highest BCUT2D eigenvalue weighted by atomic mass is 19.1. The number of amides is 3. The molecule has 3 heterocycles. The molecule has 3 amide bonds. The van der Waals surface area contributed by atoms with Gasteiger partial charge in [-0.05, 0) is 60.9 Å². The number of allylic oxidation sites excluding steroid dienone is 1. The molecule has 2 fully saturated rings. The monoisotopic (exact) mass is 587 g/mol. The van der Waals surface area contributed by atoms with Crippen LogP contribution in [0.5, 0.6) is 0 Å². The van der Waals surface area contributed by atoms with Crippen LogP contribution in [0.15, 0.2) is 48.8 Å². The van der Waals surface area contributed by atoms with Crippen molar-refractivity contribution >= 4 is 29.4 Å². The average molecular weight is 588 g/mol. The maximum atomic E-state index is 14.7. The molecule has 3 N–H and O–H groups in total. The van der Waals surface area contributed by atoms with Crippen molar-refractivity contribution in [3.05, 3.63) is 76.9 Å². The SMILES string of the molecule is NC(=O)c1nn(CC(=O)N2C[C@H](F)C[C@H]2C(=O)N[C@@H]2CCCC2OCc2ccccc2)c2c1C=C(c1ccnnc1)CC2. The summed E-state index contributed by atoms with van der Waals surface area (Å²) in [5.74, 6) is -1.54. The van der Waals surface area contributed by atoms with E-state index in [2.05, 4.69) is 20.6 Å². The highest BCUT2D eigenvalue weighted by molar-refractivity contribution is 5.98. The molecule has 1 aromatic carbocycles. The predicted molar refractivity (Wildman–Crippen MR) is 155 cm³/mol. The van der Waals surface area contributed by atoms with Crippen molar-refractivity contribution in [3.8, 4) is 0 Å². The highest BCUT2D eigenvalue weighted by Crippen LogP contribution is 2.32. The van der Waals surface area contributed by atoms with Gasteiger partial charge in [-0.2, -0.15) is 15.3 Å². The Hall–Kier alpha value is -4.45. The van der Waals surface area contributed by atoms with Crippen molar-refractivity contribution in [2.45, 2.75) is 76.0 Å². The van der Waals surface area contributed by atoms with Crippen LogP contribution < -0.4 is 11.1 Å². The average Bonchev–Trinajstić information content (AvgIpc) is 3.74. The molecule has 224 valence electrons. The van der Waals surface area contributed by atoms with Crippen molar-refractivity contribution in [1.82, 2.24) is 30.2 Å². The van der Waals surface area contributed by atoms with Crippen LogP contribution in [0, 0.1) is 0 Å². The van der Waals surface area contributed by atoms with E-state index in [1.807, 2.05) is 42.5 Å². The summed E-state index contributed by atoms with van der Waals surface area (Å²) in [5.41, 5.74) is 9.81. The molecule has 1 saturated carbocycles. The Morgan fingerprint density at radius 2 is 1.93 bits per heavy atom. The number of likely N-dealkylation sites (tertiary alicyclic amines) is 1. The molecule has 4 atom stereocenters. The summed E-state index contributed by atoms with van der Waals surface area (Å²) in [5, 5.41) is 15.1. The summed E-state index contributed by atoms with van der Waals surface area (Å²) in [6, 6.07) is 10.5. The van der Waals surface area contributed by atoms with Gasteiger partial charge in [0.1, 0.15) is 18.8 Å². The second-order valence-corrected chi connectivity index (χ2v) is 11.3. The quantitative estimate of drug-likeness (QED) is 0.391. The van der Waals surface area contributed by atoms with Crippen LogP contribution in [0.1, 0.15) is 65.0 Å². The fourth-order valence-corrected chi connectivity index (χ4v) is 6.32. The minimum Gasteiger partial charge on any atom is -0.371 e. The number of alkyl halides is 1. The van der Waals surface area contributed by atoms with Gasteiger partial charge < -0.3 is 20.7 Å². The van der Waals surface area contributed by atoms with E-state index >= 15 is 0 Å². The Kier molecular flexibility index (Phi) is 8.28. The van der Waals surface area contributed by atoms with Crippen molar-refractivity contribution < 1.29 is 23.5 Å². The van der Waals surface area contributed by atoms with Gasteiger partial charge in [0.25, 0.3) is 5.91 Å². The number of nitrogens with one attached hydrogen (secondary N) is 1. The summed E-state index contributed by atoms with van der Waals surface area (Å²) in [7, 11) is 0. The zero-order chi connectivity index (χ0) is 29.9. The van der Waals surface area contributed by atoms with E-state index in [0.29, 0.717) is 30.7 Å². The molecule has 2 aromatic heterocycles. The fourth-order valence-electron chi connectivity index (χ4n) is 6.32. The molecule has 11 nitrogen and oxygen atoms in total. The van der Waals surface area contributed by atoms with Crippen LogP contribution in [0.2, 0.25) is 0 Å². The lowest BCUT2D eigenvalue weighted by molar-refractivity contribution is -0.139. The smallest absolute Gasteiger partial charge is 0.269 e. The lowest BCUT2D eigenvalue weighted by Gasteiger charge is -2.27. The topological polar surface area (TPSA) is 145 Å². The van der Waals surface area contributed by atoms with Crippen LogP contribution in [0.3, 0.4) is 0 Å². The minimum atomic E-state index is -1.32. The third kappa shape index (κ3) is 6.19. The molecule has 0 radical (unpaired) electrons. The number of halogens is 1. The number of hydrogen-bond donors (Lipinski definition) is 2. The van der Waals surface area contributed by atoms with Gasteiger partial charge in [0.2, 0.25) is 11.8 Å². The van der Waals surface area contributed by atoms with Gasteiger partial charge in [-0.25, -0.2) is 4.39 Å². The first-order valence-electron chi connectivity index (χ1n) is 14.6. The highest BCUT2D eigenvalue weighted by Gasteiger charge is 2.42. The van der Waals surface area contributed by atoms with Crippen molar-refractivity contribution in [2.24, 2.45) is 5.73 Å². The molecule has 2 aliphatic carbocycles. The summed E-state index contributed by atoms with van der Waals surface area (Å²) in [6.07, 6.45) is 7.15. The Labute approximate surface area is 248 Å². The fraction of sp³-hybridized carbons (Fsp3) is 0.419. The van der Waals surface area contributed by atoms with E-state index in [9.17, 15) is 18.8 Å². The summed E-state index contributed by atoms with van der Waals surface area (Å²) in [4.78, 5) is 40.5. The van der Waals surface area contributed by atoms with Crippen molar-refractivity contribution in [1.29, 1.82) is 0 Å². The first-order chi connectivity index (χ1) is 20.9. The van der Waals surface area contributed by atoms with Gasteiger partial charge in [-0.15, -0.1) is 0 Å². The lowest BCUT2D eigenvalue weighted by atomic mass is 9.92. The number of aromatic nitrogens is 4. The molecule has 1 unspecified atom stereocenters. The first-order valence-corrected chi connectivity index (χ1v) is 14.6. The van der Waals surface area contributed by atoms with Gasteiger partial charge in [-0.1, -0.05) is 30.3 Å². The molecular formula is C31H34FN7O4. The molecule has 12 heteroatoms. The Bertz CT molecular complexity index is 1530. The largest absolute Gasteiger partial charge is 0.371 e. The van der Waals surface area contributed by atoms with E-state index in [1.165, 1.54) is 9.58 Å². The molecule has 6 rings (SSSR count). The van der Waals surface area contributed by atoms with E-state index < -0.39 is 24.0 Å². The number of benzene rings is 1. The first kappa shape index (κ1) is 28.7. The van der Waals surface area contributed by atoms with E-state index in [4.69, 9.17) is 10.5 Å². The Morgan fingerprint density at radius 3 is 2.70 bits per heavy atom. The van der Waals surface area contributed by atoms with Crippen LogP contribution in [0.4, 0.5) is 4.39 Å². The van der Waals surface area contributed by atoms with E-state index in [1.54, 1.807) is 12.4 Å². The third-order valence-electron chi connectivity index (χ3n) is 8.48. The third-order valence-corrected chi connectivity index (χ3v) is 8.48. The predicted octanol–water partition coefficient (Wildman–Crippen LogP) is 2.45. The molecular weight excluding hydrogens is 553 g/mol. The molecule has 3 aromatic rings. The van der Waals surface area contributed by atoms with Crippen molar-refractivity contribution in [2.75, 3.05) is 6.54 Å². The number of nitrogens with zero attached hydrogens (tertiary/aromatic N) is 5. The van der Waals surface area contributed by atoms with E-state index in [-0.39, 0.29) is 43.3 Å². The van der Waals surface area contributed by atoms with Crippen LogP contribution in [0.25, 0.3) is 11.6 Å². The summed E-state index contributed by atoms with van der Waals surface area (Å²) < 4.78 is 22.2. The molecule has 43 heavy (non-hydrogen) atoms. The molecule has 0 spiro atoms. The van der Waals surface area contributed by atoms with Crippen molar-refractivity contribution in [3.63, 3.8) is 0 Å². The van der Waals surface area contributed by atoms with Gasteiger partial charge in [-0.3, -0.25) is 19.1 Å². The number of rotatable bonds is 9. The zero-order valence-electron chi connectivity index (χ0n) is 23.7. The van der Waals surface area contributed by atoms with Gasteiger partial charge in [0, 0.05) is 17.7 Å². The minimum absolute atomic E-state index is 0.0591. The van der Waals surface area contributed by atoms with Gasteiger partial charge >= 0.3 is 0 Å². The number of ether oxygens (including phenoxy) is 1. The molecule has 0 bridgehead atoms. The van der Waals surface area contributed by atoms with Crippen LogP contribution in [-0.2, 0) is 33.9 Å². The normalized spacial score (nSPS) is 23.1. The number of fused-ring (bicyclic) bond motifs is 1. The lowest BCUT2D eigenvalue weighted by Crippen LogP contribution is -2.51.